The van der Waals surface area contributed by atoms with Gasteiger partial charge in [-0.15, -0.1) is 0 Å². The second-order valence-electron chi connectivity index (χ2n) is 2.80. The summed E-state index contributed by atoms with van der Waals surface area (Å²) in [5.41, 5.74) is 0. The third kappa shape index (κ3) is 0.494. The van der Waals surface area contributed by atoms with Gasteiger partial charge >= 0.3 is 0 Å². The topological polar surface area (TPSA) is 20.3 Å². The van der Waals surface area contributed by atoms with Crippen molar-refractivity contribution in [3.63, 3.8) is 0 Å². The smallest absolute Gasteiger partial charge is 0.147 e. The molecule has 0 aromatic rings. The molecule has 2 nitrogen and oxygen atoms in total. The fourth-order valence-electron chi connectivity index (χ4n) is 1.57. The van der Waals surface area contributed by atoms with Crippen LogP contribution in [0.25, 0.3) is 0 Å². The van der Waals surface area contributed by atoms with Gasteiger partial charge in [0.05, 0.1) is 6.54 Å². The fourth-order valence-corrected chi connectivity index (χ4v) is 1.57. The predicted molar refractivity (Wildman–Crippen MR) is 29.6 cm³/mol. The van der Waals surface area contributed by atoms with Gasteiger partial charge in [-0.2, -0.15) is 0 Å². The average Bonchev–Trinajstić information content (AvgIpc) is 1.62. The SMILES string of the molecule is O=C1CC2CN(C1)C2. The van der Waals surface area contributed by atoms with Crippen molar-refractivity contribution in [1.29, 1.82) is 0 Å². The van der Waals surface area contributed by atoms with E-state index in [1.807, 2.05) is 0 Å². The Morgan fingerprint density at radius 1 is 1.50 bits per heavy atom. The first-order valence-electron chi connectivity index (χ1n) is 3.08. The second kappa shape index (κ2) is 1.32. The maximum Gasteiger partial charge on any atom is 0.147 e. The standard InChI is InChI=1S/C6H9NO/c8-6-1-5-2-7(3-5)4-6/h5H,1-4H2. The molecule has 0 radical (unpaired) electrons. The molecule has 3 fully saturated rings. The molecule has 0 aliphatic carbocycles. The Balaban J connectivity index is 2.07. The molecule has 8 heavy (non-hydrogen) atoms. The van der Waals surface area contributed by atoms with Crippen LogP contribution in [0.4, 0.5) is 0 Å². The number of ketones is 1. The summed E-state index contributed by atoms with van der Waals surface area (Å²) in [6, 6.07) is 0. The molecule has 3 aliphatic heterocycles. The van der Waals surface area contributed by atoms with Gasteiger partial charge in [0.25, 0.3) is 0 Å². The van der Waals surface area contributed by atoms with Crippen LogP contribution in [0.1, 0.15) is 6.42 Å². The summed E-state index contributed by atoms with van der Waals surface area (Å²) >= 11 is 0. The van der Waals surface area contributed by atoms with E-state index in [0.717, 1.165) is 18.9 Å². The summed E-state index contributed by atoms with van der Waals surface area (Å²) in [6.45, 7) is 3.11. The fraction of sp³-hybridized carbons (Fsp3) is 0.833. The van der Waals surface area contributed by atoms with Crippen molar-refractivity contribution in [1.82, 2.24) is 4.90 Å². The van der Waals surface area contributed by atoms with Gasteiger partial charge in [-0.05, 0) is 5.92 Å². The summed E-state index contributed by atoms with van der Waals surface area (Å²) in [5, 5.41) is 0. The van der Waals surface area contributed by atoms with Crippen LogP contribution in [0.2, 0.25) is 0 Å². The van der Waals surface area contributed by atoms with Crippen LogP contribution in [0.3, 0.4) is 0 Å². The van der Waals surface area contributed by atoms with Crippen LogP contribution >= 0.6 is 0 Å². The van der Waals surface area contributed by atoms with E-state index in [4.69, 9.17) is 0 Å². The molecule has 0 atom stereocenters. The van der Waals surface area contributed by atoms with Crippen LogP contribution in [-0.4, -0.2) is 30.3 Å². The highest BCUT2D eigenvalue weighted by Crippen LogP contribution is 2.24. The molecule has 0 N–H and O–H groups in total. The molecule has 3 aliphatic rings. The van der Waals surface area contributed by atoms with Gasteiger partial charge < -0.3 is 0 Å². The van der Waals surface area contributed by atoms with E-state index in [-0.39, 0.29) is 0 Å². The number of carbonyl (C=O) groups is 1. The Bertz CT molecular complexity index is 114. The number of fused-ring (bicyclic) bond motifs is 2. The molecule has 0 amide bonds. The van der Waals surface area contributed by atoms with E-state index in [1.165, 1.54) is 13.1 Å². The Morgan fingerprint density at radius 3 is 2.50 bits per heavy atom. The summed E-state index contributed by atoms with van der Waals surface area (Å²) in [6.07, 6.45) is 0.858. The molecular weight excluding hydrogens is 102 g/mol. The van der Waals surface area contributed by atoms with E-state index in [9.17, 15) is 4.79 Å². The lowest BCUT2D eigenvalue weighted by Gasteiger charge is -2.43. The normalized spacial score (nSPS) is 43.8. The largest absolute Gasteiger partial charge is 0.298 e. The first kappa shape index (κ1) is 4.50. The van der Waals surface area contributed by atoms with Crippen LogP contribution in [0.15, 0.2) is 0 Å². The number of hydrogen-bond acceptors (Lipinski definition) is 2. The van der Waals surface area contributed by atoms with Crippen LogP contribution in [0, 0.1) is 5.92 Å². The highest BCUT2D eigenvalue weighted by Gasteiger charge is 2.34. The van der Waals surface area contributed by atoms with Crippen LogP contribution < -0.4 is 0 Å². The van der Waals surface area contributed by atoms with Gasteiger partial charge in [0.1, 0.15) is 5.78 Å². The van der Waals surface area contributed by atoms with Gasteiger partial charge in [-0.3, -0.25) is 9.69 Å². The number of Topliss-reactive ketones (excluding diaryl/α,β-unsaturated/α-hetero) is 1. The van der Waals surface area contributed by atoms with E-state index in [1.54, 1.807) is 0 Å². The van der Waals surface area contributed by atoms with Crippen molar-refractivity contribution in [2.24, 2.45) is 5.92 Å². The van der Waals surface area contributed by atoms with Crippen molar-refractivity contribution in [2.75, 3.05) is 19.6 Å². The van der Waals surface area contributed by atoms with Crippen LogP contribution in [-0.2, 0) is 4.79 Å². The van der Waals surface area contributed by atoms with Crippen molar-refractivity contribution >= 4 is 5.78 Å². The third-order valence-corrected chi connectivity index (χ3v) is 1.95. The molecule has 3 rings (SSSR count). The maximum atomic E-state index is 10.7. The molecule has 0 saturated carbocycles. The predicted octanol–water partition coefficient (Wildman–Crippen LogP) is -0.109. The molecule has 44 valence electrons. The summed E-state index contributed by atoms with van der Waals surface area (Å²) < 4.78 is 0. The average molecular weight is 111 g/mol. The van der Waals surface area contributed by atoms with Crippen LogP contribution in [0.5, 0.6) is 0 Å². The maximum absolute atomic E-state index is 10.7. The molecule has 0 aromatic heterocycles. The zero-order chi connectivity index (χ0) is 5.56. The molecule has 2 heteroatoms. The summed E-state index contributed by atoms with van der Waals surface area (Å²) in [7, 11) is 0. The Morgan fingerprint density at radius 2 is 2.25 bits per heavy atom. The van der Waals surface area contributed by atoms with Gasteiger partial charge in [-0.25, -0.2) is 0 Å². The summed E-state index contributed by atoms with van der Waals surface area (Å²) in [5.74, 6) is 1.17. The van der Waals surface area contributed by atoms with E-state index in [2.05, 4.69) is 4.90 Å². The van der Waals surface area contributed by atoms with E-state index >= 15 is 0 Å². The first-order chi connectivity index (χ1) is 3.84. The monoisotopic (exact) mass is 111 g/mol. The zero-order valence-electron chi connectivity index (χ0n) is 4.76. The number of piperidine rings is 2. The number of hydrogen-bond donors (Lipinski definition) is 0. The van der Waals surface area contributed by atoms with E-state index < -0.39 is 0 Å². The van der Waals surface area contributed by atoms with Gasteiger partial charge in [0, 0.05) is 19.5 Å². The second-order valence-corrected chi connectivity index (χ2v) is 2.80. The van der Waals surface area contributed by atoms with Crippen molar-refractivity contribution in [3.05, 3.63) is 0 Å². The van der Waals surface area contributed by atoms with Gasteiger partial charge in [0.2, 0.25) is 0 Å². The molecule has 2 bridgehead atoms. The number of nitrogens with zero attached hydrogens (tertiary/aromatic N) is 1. The zero-order valence-corrected chi connectivity index (χ0v) is 4.76. The first-order valence-corrected chi connectivity index (χ1v) is 3.08. The van der Waals surface area contributed by atoms with Crippen molar-refractivity contribution in [3.8, 4) is 0 Å². The van der Waals surface area contributed by atoms with Gasteiger partial charge in [-0.1, -0.05) is 0 Å². The van der Waals surface area contributed by atoms with Crippen molar-refractivity contribution in [2.45, 2.75) is 6.42 Å². The molecule has 3 heterocycles. The molecule has 0 spiro atoms. The lowest BCUT2D eigenvalue weighted by atomic mass is 9.89. The molecule has 0 aromatic carbocycles. The Labute approximate surface area is 48.5 Å². The quantitative estimate of drug-likeness (QED) is 0.434. The number of rotatable bonds is 0. The van der Waals surface area contributed by atoms with Gasteiger partial charge in [0.15, 0.2) is 0 Å². The minimum Gasteiger partial charge on any atom is -0.298 e. The molecule has 0 unspecified atom stereocenters. The third-order valence-electron chi connectivity index (χ3n) is 1.95. The van der Waals surface area contributed by atoms with Crippen molar-refractivity contribution < 1.29 is 4.79 Å². The van der Waals surface area contributed by atoms with E-state index in [0.29, 0.717) is 5.78 Å². The summed E-state index contributed by atoms with van der Waals surface area (Å²) in [4.78, 5) is 12.9. The molecule has 3 saturated heterocycles. The minimum absolute atomic E-state index is 0.438. The molecular formula is C6H9NO. The highest BCUT2D eigenvalue weighted by atomic mass is 16.1. The lowest BCUT2D eigenvalue weighted by molar-refractivity contribution is -0.129. The Kier molecular flexibility index (Phi) is 0.742. The minimum atomic E-state index is 0.438. The Hall–Kier alpha value is -0.370. The lowest BCUT2D eigenvalue weighted by Crippen LogP contribution is -2.54. The number of carbonyl (C=O) groups excluding carboxylic acids is 1. The highest BCUT2D eigenvalue weighted by molar-refractivity contribution is 5.82.